The summed E-state index contributed by atoms with van der Waals surface area (Å²) >= 11 is 0. The van der Waals surface area contributed by atoms with Crippen molar-refractivity contribution < 1.29 is 19.5 Å². The van der Waals surface area contributed by atoms with Gasteiger partial charge in [0.1, 0.15) is 11.6 Å². The van der Waals surface area contributed by atoms with Gasteiger partial charge in [-0.1, -0.05) is 6.07 Å². The molecule has 0 unspecified atom stereocenters. The number of rotatable bonds is 4. The van der Waals surface area contributed by atoms with E-state index in [0.29, 0.717) is 11.4 Å². The molecule has 3 amide bonds. The first-order valence-corrected chi connectivity index (χ1v) is 6.66. The van der Waals surface area contributed by atoms with Gasteiger partial charge in [-0.05, 0) is 36.4 Å². The second-order valence-electron chi connectivity index (χ2n) is 4.65. The first-order chi connectivity index (χ1) is 11.4. The Balaban J connectivity index is 2.43. The summed E-state index contributed by atoms with van der Waals surface area (Å²) in [7, 11) is 0. The molecule has 8 heteroatoms. The number of amides is 3. The summed E-state index contributed by atoms with van der Waals surface area (Å²) in [6.07, 6.45) is 2.92. The number of benzene rings is 1. The van der Waals surface area contributed by atoms with Crippen LogP contribution in [0.5, 0.6) is 0 Å². The van der Waals surface area contributed by atoms with E-state index in [2.05, 4.69) is 0 Å². The molecule has 8 nitrogen and oxygen atoms in total. The van der Waals surface area contributed by atoms with Gasteiger partial charge in [-0.25, -0.2) is 9.59 Å². The normalized spacial score (nSPS) is 10.7. The predicted octanol–water partition coefficient (Wildman–Crippen LogP) is 1.28. The fourth-order valence-corrected chi connectivity index (χ4v) is 2.01. The Kier molecular flexibility index (Phi) is 4.77. The number of nitrogens with one attached hydrogen (secondary N) is 1. The van der Waals surface area contributed by atoms with Gasteiger partial charge in [-0.3, -0.25) is 10.1 Å². The SMILES string of the molecule is N#C/C(=C/c1cccn1-c1cccc(C(=O)O)c1)C(=O)NC(N)=O. The van der Waals surface area contributed by atoms with E-state index in [1.807, 2.05) is 5.32 Å². The zero-order valence-electron chi connectivity index (χ0n) is 12.3. The lowest BCUT2D eigenvalue weighted by Gasteiger charge is -2.08. The number of carbonyl (C=O) groups is 3. The molecule has 0 atom stereocenters. The van der Waals surface area contributed by atoms with Crippen LogP contribution < -0.4 is 11.1 Å². The van der Waals surface area contributed by atoms with Gasteiger partial charge in [0.05, 0.1) is 5.56 Å². The Bertz CT molecular complexity index is 889. The lowest BCUT2D eigenvalue weighted by Crippen LogP contribution is -2.35. The highest BCUT2D eigenvalue weighted by Crippen LogP contribution is 2.17. The Labute approximate surface area is 136 Å². The highest BCUT2D eigenvalue weighted by molar-refractivity contribution is 6.08. The van der Waals surface area contributed by atoms with Crippen LogP contribution in [0.1, 0.15) is 16.1 Å². The molecule has 0 saturated heterocycles. The van der Waals surface area contributed by atoms with Crippen molar-refractivity contribution in [2.75, 3.05) is 0 Å². The van der Waals surface area contributed by atoms with Gasteiger partial charge in [-0.15, -0.1) is 0 Å². The number of nitrogens with zero attached hydrogens (tertiary/aromatic N) is 2. The van der Waals surface area contributed by atoms with Crippen molar-refractivity contribution in [2.45, 2.75) is 0 Å². The molecule has 0 bridgehead atoms. The summed E-state index contributed by atoms with van der Waals surface area (Å²) in [4.78, 5) is 33.5. The van der Waals surface area contributed by atoms with Crippen LogP contribution in [0.15, 0.2) is 48.2 Å². The highest BCUT2D eigenvalue weighted by atomic mass is 16.4. The van der Waals surface area contributed by atoms with Gasteiger partial charge in [-0.2, -0.15) is 5.26 Å². The third-order valence-corrected chi connectivity index (χ3v) is 3.05. The van der Waals surface area contributed by atoms with Crippen LogP contribution in [0.2, 0.25) is 0 Å². The predicted molar refractivity (Wildman–Crippen MR) is 84.0 cm³/mol. The fourth-order valence-electron chi connectivity index (χ4n) is 2.01. The topological polar surface area (TPSA) is 138 Å². The van der Waals surface area contributed by atoms with E-state index in [1.54, 1.807) is 41.1 Å². The number of urea groups is 1. The summed E-state index contributed by atoms with van der Waals surface area (Å²) in [6, 6.07) is 10.1. The number of primary amides is 1. The molecule has 0 spiro atoms. The molecule has 0 aliphatic carbocycles. The van der Waals surface area contributed by atoms with Crippen LogP contribution in [0.25, 0.3) is 11.8 Å². The molecule has 0 saturated carbocycles. The monoisotopic (exact) mass is 324 g/mol. The number of carboxylic acids is 1. The van der Waals surface area contributed by atoms with Crippen LogP contribution >= 0.6 is 0 Å². The molecule has 1 aromatic heterocycles. The van der Waals surface area contributed by atoms with Gasteiger partial charge in [0, 0.05) is 17.6 Å². The number of nitriles is 1. The molecule has 0 aliphatic rings. The number of aromatic carboxylic acids is 1. The average Bonchev–Trinajstić information content (AvgIpc) is 3.00. The van der Waals surface area contributed by atoms with Gasteiger partial charge < -0.3 is 15.4 Å². The van der Waals surface area contributed by atoms with Crippen molar-refractivity contribution in [3.8, 4) is 11.8 Å². The molecular formula is C16H12N4O4. The summed E-state index contributed by atoms with van der Waals surface area (Å²) in [6.45, 7) is 0. The Morgan fingerprint density at radius 1 is 1.25 bits per heavy atom. The minimum atomic E-state index is -1.07. The maximum atomic E-state index is 11.7. The Morgan fingerprint density at radius 3 is 2.62 bits per heavy atom. The van der Waals surface area contributed by atoms with Crippen molar-refractivity contribution in [1.82, 2.24) is 9.88 Å². The lowest BCUT2D eigenvalue weighted by molar-refractivity contribution is -0.115. The standard InChI is InChI=1S/C16H12N4O4/c17-9-11(14(21)19-16(18)24)8-13-5-2-6-20(13)12-4-1-3-10(7-12)15(22)23/h1-8H,(H,22,23)(H3,18,19,21,24)/b11-8-. The average molecular weight is 324 g/mol. The van der Waals surface area contributed by atoms with Crippen LogP contribution in [-0.2, 0) is 4.79 Å². The van der Waals surface area contributed by atoms with Crippen LogP contribution in [-0.4, -0.2) is 27.6 Å². The summed E-state index contributed by atoms with van der Waals surface area (Å²) < 4.78 is 1.60. The van der Waals surface area contributed by atoms with E-state index in [9.17, 15) is 14.4 Å². The first kappa shape index (κ1) is 16.5. The summed E-state index contributed by atoms with van der Waals surface area (Å²) in [5, 5.41) is 19.9. The largest absolute Gasteiger partial charge is 0.478 e. The third kappa shape index (κ3) is 3.66. The first-order valence-electron chi connectivity index (χ1n) is 6.66. The zero-order valence-corrected chi connectivity index (χ0v) is 12.3. The molecule has 24 heavy (non-hydrogen) atoms. The molecule has 1 heterocycles. The van der Waals surface area contributed by atoms with E-state index in [0.717, 1.165) is 0 Å². The van der Waals surface area contributed by atoms with E-state index in [-0.39, 0.29) is 11.1 Å². The summed E-state index contributed by atoms with van der Waals surface area (Å²) in [5.41, 5.74) is 5.63. The Hall–Kier alpha value is -3.86. The van der Waals surface area contributed by atoms with Crippen molar-refractivity contribution in [2.24, 2.45) is 5.73 Å². The smallest absolute Gasteiger partial charge is 0.335 e. The Morgan fingerprint density at radius 2 is 2.00 bits per heavy atom. The number of aromatic nitrogens is 1. The number of hydrogen-bond acceptors (Lipinski definition) is 4. The number of imide groups is 1. The minimum absolute atomic E-state index is 0.100. The summed E-state index contributed by atoms with van der Waals surface area (Å²) in [5.74, 6) is -1.99. The van der Waals surface area contributed by atoms with E-state index < -0.39 is 17.9 Å². The van der Waals surface area contributed by atoms with Crippen molar-refractivity contribution in [3.05, 3.63) is 59.4 Å². The van der Waals surface area contributed by atoms with E-state index in [1.165, 1.54) is 18.2 Å². The number of nitrogens with two attached hydrogens (primary N) is 1. The quantitative estimate of drug-likeness (QED) is 0.574. The molecule has 120 valence electrons. The van der Waals surface area contributed by atoms with Crippen molar-refractivity contribution in [1.29, 1.82) is 5.26 Å². The van der Waals surface area contributed by atoms with Crippen molar-refractivity contribution >= 4 is 24.0 Å². The molecule has 1 aromatic carbocycles. The second-order valence-corrected chi connectivity index (χ2v) is 4.65. The fraction of sp³-hybridized carbons (Fsp3) is 0. The van der Waals surface area contributed by atoms with Crippen LogP contribution in [0.3, 0.4) is 0 Å². The maximum absolute atomic E-state index is 11.7. The van der Waals surface area contributed by atoms with Gasteiger partial charge >= 0.3 is 12.0 Å². The molecular weight excluding hydrogens is 312 g/mol. The van der Waals surface area contributed by atoms with E-state index >= 15 is 0 Å². The molecule has 2 aromatic rings. The number of hydrogen-bond donors (Lipinski definition) is 3. The van der Waals surface area contributed by atoms with Crippen LogP contribution in [0.4, 0.5) is 4.79 Å². The number of carbonyl (C=O) groups excluding carboxylic acids is 2. The molecule has 0 fully saturated rings. The zero-order chi connectivity index (χ0) is 17.7. The van der Waals surface area contributed by atoms with E-state index in [4.69, 9.17) is 16.1 Å². The highest BCUT2D eigenvalue weighted by Gasteiger charge is 2.13. The van der Waals surface area contributed by atoms with Gasteiger partial charge in [0.25, 0.3) is 5.91 Å². The van der Waals surface area contributed by atoms with Gasteiger partial charge in [0.15, 0.2) is 0 Å². The van der Waals surface area contributed by atoms with Crippen molar-refractivity contribution in [3.63, 3.8) is 0 Å². The molecule has 4 N–H and O–H groups in total. The van der Waals surface area contributed by atoms with Crippen LogP contribution in [0, 0.1) is 11.3 Å². The molecule has 2 rings (SSSR count). The second kappa shape index (κ2) is 6.93. The van der Waals surface area contributed by atoms with Gasteiger partial charge in [0.2, 0.25) is 0 Å². The molecule has 0 aliphatic heterocycles. The molecule has 0 radical (unpaired) electrons. The minimum Gasteiger partial charge on any atom is -0.478 e. The maximum Gasteiger partial charge on any atom is 0.335 e. The lowest BCUT2D eigenvalue weighted by atomic mass is 10.2. The number of carboxylic acid groups (broad SMARTS) is 1. The third-order valence-electron chi connectivity index (χ3n) is 3.05.